The Morgan fingerprint density at radius 1 is 1.31 bits per heavy atom. The molecule has 1 amide bonds. The summed E-state index contributed by atoms with van der Waals surface area (Å²) in [4.78, 5) is 12.5. The van der Waals surface area contributed by atoms with E-state index in [-0.39, 0.29) is 15.6 Å². The van der Waals surface area contributed by atoms with Gasteiger partial charge in [-0.25, -0.2) is 8.42 Å². The lowest BCUT2D eigenvalue weighted by molar-refractivity contribution is 0.0730. The molecule has 26 heavy (non-hydrogen) atoms. The van der Waals surface area contributed by atoms with Gasteiger partial charge >= 0.3 is 0 Å². The summed E-state index contributed by atoms with van der Waals surface area (Å²) in [5.74, 6) is -0.500. The number of hydrogen-bond donors (Lipinski definition) is 1. The first-order valence-electron chi connectivity index (χ1n) is 7.99. The maximum Gasteiger partial charge on any atom is 0.277 e. The van der Waals surface area contributed by atoms with Crippen LogP contribution in [0.15, 0.2) is 29.2 Å². The van der Waals surface area contributed by atoms with Crippen LogP contribution >= 0.6 is 11.6 Å². The van der Waals surface area contributed by atoms with E-state index in [0.717, 1.165) is 0 Å². The first-order valence-corrected chi connectivity index (χ1v) is 9.81. The average molecular weight is 399 g/mol. The quantitative estimate of drug-likeness (QED) is 0.845. The number of carbonyl (C=O) groups is 1. The number of nitrogens with zero attached hydrogens (tertiary/aromatic N) is 3. The molecule has 3 rings (SSSR count). The molecule has 10 heteroatoms. The minimum absolute atomic E-state index is 0.0908. The third kappa shape index (κ3) is 3.61. The number of aromatic nitrogens is 2. The number of ether oxygens (including phenoxy) is 1. The highest BCUT2D eigenvalue weighted by Crippen LogP contribution is 2.23. The summed E-state index contributed by atoms with van der Waals surface area (Å²) in [6, 6.07) is 6.11. The Morgan fingerprint density at radius 2 is 2.00 bits per heavy atom. The molecule has 2 heterocycles. The van der Waals surface area contributed by atoms with Crippen molar-refractivity contribution < 1.29 is 17.9 Å². The summed E-state index contributed by atoms with van der Waals surface area (Å²) in [5, 5.41) is 7.00. The van der Waals surface area contributed by atoms with Crippen molar-refractivity contribution in [2.24, 2.45) is 7.05 Å². The van der Waals surface area contributed by atoms with Crippen molar-refractivity contribution in [2.75, 3.05) is 31.6 Å². The van der Waals surface area contributed by atoms with Gasteiger partial charge in [-0.3, -0.25) is 9.48 Å². The van der Waals surface area contributed by atoms with Crippen LogP contribution in [0.2, 0.25) is 5.02 Å². The number of sulfonamides is 1. The smallest absolute Gasteiger partial charge is 0.277 e. The van der Waals surface area contributed by atoms with E-state index in [4.69, 9.17) is 16.3 Å². The summed E-state index contributed by atoms with van der Waals surface area (Å²) in [6.45, 7) is 3.10. The maximum atomic E-state index is 12.7. The van der Waals surface area contributed by atoms with Gasteiger partial charge in [-0.2, -0.15) is 9.40 Å². The first kappa shape index (κ1) is 18.8. The number of carbonyl (C=O) groups excluding carboxylic acids is 1. The van der Waals surface area contributed by atoms with Crippen LogP contribution in [0.25, 0.3) is 0 Å². The van der Waals surface area contributed by atoms with Crippen molar-refractivity contribution in [2.45, 2.75) is 11.8 Å². The van der Waals surface area contributed by atoms with Crippen LogP contribution in [0.3, 0.4) is 0 Å². The third-order valence-electron chi connectivity index (χ3n) is 4.18. The molecule has 1 aromatic heterocycles. The molecule has 140 valence electrons. The van der Waals surface area contributed by atoms with Crippen LogP contribution in [0, 0.1) is 6.92 Å². The molecule has 8 nitrogen and oxygen atoms in total. The number of benzene rings is 1. The Labute approximate surface area is 156 Å². The molecular formula is C16H19ClN4O4S. The lowest BCUT2D eigenvalue weighted by Crippen LogP contribution is -2.40. The van der Waals surface area contributed by atoms with E-state index in [9.17, 15) is 13.2 Å². The lowest BCUT2D eigenvalue weighted by atomic mass is 10.3. The molecule has 1 aromatic carbocycles. The fraction of sp³-hybridized carbons (Fsp3) is 0.375. The van der Waals surface area contributed by atoms with Gasteiger partial charge in [0.15, 0.2) is 5.69 Å². The third-order valence-corrected chi connectivity index (χ3v) is 6.52. The molecule has 0 saturated carbocycles. The predicted molar refractivity (Wildman–Crippen MR) is 96.9 cm³/mol. The molecule has 1 saturated heterocycles. The van der Waals surface area contributed by atoms with Gasteiger partial charge in [0.05, 0.1) is 28.8 Å². The average Bonchev–Trinajstić information content (AvgIpc) is 2.90. The second-order valence-corrected chi connectivity index (χ2v) is 8.19. The van der Waals surface area contributed by atoms with Crippen LogP contribution in [-0.4, -0.2) is 54.7 Å². The second kappa shape index (κ2) is 7.36. The number of rotatable bonds is 4. The van der Waals surface area contributed by atoms with E-state index in [0.29, 0.717) is 37.7 Å². The van der Waals surface area contributed by atoms with Gasteiger partial charge in [0.25, 0.3) is 5.91 Å². The summed E-state index contributed by atoms with van der Waals surface area (Å²) in [6.07, 6.45) is 0. The molecule has 0 bridgehead atoms. The fourth-order valence-electron chi connectivity index (χ4n) is 2.59. The molecule has 0 unspecified atom stereocenters. The standard InChI is InChI=1S/C16H19ClN4O4S/c1-11-14(17)15(19-20(11)2)16(22)18-12-4-3-5-13(10-12)26(23,24)21-6-8-25-9-7-21/h3-5,10H,6-9H2,1-2H3,(H,18,22). The lowest BCUT2D eigenvalue weighted by Gasteiger charge is -2.26. The van der Waals surface area contributed by atoms with Gasteiger partial charge in [0.2, 0.25) is 10.0 Å². The zero-order valence-electron chi connectivity index (χ0n) is 14.4. The van der Waals surface area contributed by atoms with Crippen molar-refractivity contribution in [1.82, 2.24) is 14.1 Å². The monoisotopic (exact) mass is 398 g/mol. The summed E-state index contributed by atoms with van der Waals surface area (Å²) in [5.41, 5.74) is 1.11. The molecule has 1 aliphatic heterocycles. The highest BCUT2D eigenvalue weighted by molar-refractivity contribution is 7.89. The molecule has 0 atom stereocenters. The van der Waals surface area contributed by atoms with E-state index < -0.39 is 15.9 Å². The Bertz CT molecular complexity index is 936. The van der Waals surface area contributed by atoms with Crippen molar-refractivity contribution in [3.05, 3.63) is 40.7 Å². The van der Waals surface area contributed by atoms with Gasteiger partial charge in [0, 0.05) is 25.8 Å². The number of amides is 1. The van der Waals surface area contributed by atoms with Gasteiger partial charge < -0.3 is 10.1 Å². The first-order chi connectivity index (χ1) is 12.3. The maximum absolute atomic E-state index is 12.7. The van der Waals surface area contributed by atoms with Gasteiger partial charge in [-0.05, 0) is 25.1 Å². The van der Waals surface area contributed by atoms with Gasteiger partial charge in [-0.1, -0.05) is 17.7 Å². The molecule has 1 fully saturated rings. The molecule has 0 aliphatic carbocycles. The second-order valence-electron chi connectivity index (χ2n) is 5.87. The zero-order chi connectivity index (χ0) is 18.9. The van der Waals surface area contributed by atoms with Crippen LogP contribution in [0.5, 0.6) is 0 Å². The van der Waals surface area contributed by atoms with Crippen LogP contribution < -0.4 is 5.32 Å². The molecular weight excluding hydrogens is 380 g/mol. The summed E-state index contributed by atoms with van der Waals surface area (Å²) in [7, 11) is -1.95. The largest absolute Gasteiger partial charge is 0.379 e. The van der Waals surface area contributed by atoms with Crippen LogP contribution in [0.1, 0.15) is 16.2 Å². The Hall–Kier alpha value is -1.94. The van der Waals surface area contributed by atoms with E-state index in [1.165, 1.54) is 21.1 Å². The Morgan fingerprint density at radius 3 is 2.62 bits per heavy atom. The number of halogens is 1. The summed E-state index contributed by atoms with van der Waals surface area (Å²) < 4.78 is 33.5. The molecule has 1 N–H and O–H groups in total. The van der Waals surface area contributed by atoms with Gasteiger partial charge in [-0.15, -0.1) is 0 Å². The SMILES string of the molecule is Cc1c(Cl)c(C(=O)Nc2cccc(S(=O)(=O)N3CCOCC3)c2)nn1C. The van der Waals surface area contributed by atoms with Crippen molar-refractivity contribution >= 4 is 33.2 Å². The fourth-order valence-corrected chi connectivity index (χ4v) is 4.29. The van der Waals surface area contributed by atoms with E-state index >= 15 is 0 Å². The molecule has 2 aromatic rings. The number of aryl methyl sites for hydroxylation is 1. The van der Waals surface area contributed by atoms with E-state index in [1.54, 1.807) is 26.1 Å². The van der Waals surface area contributed by atoms with Crippen molar-refractivity contribution in [1.29, 1.82) is 0 Å². The molecule has 0 spiro atoms. The van der Waals surface area contributed by atoms with Crippen molar-refractivity contribution in [3.63, 3.8) is 0 Å². The minimum atomic E-state index is -3.64. The molecule has 0 radical (unpaired) electrons. The van der Waals surface area contributed by atoms with E-state index in [2.05, 4.69) is 10.4 Å². The highest BCUT2D eigenvalue weighted by Gasteiger charge is 2.26. The highest BCUT2D eigenvalue weighted by atomic mass is 35.5. The minimum Gasteiger partial charge on any atom is -0.379 e. The van der Waals surface area contributed by atoms with E-state index in [1.807, 2.05) is 0 Å². The predicted octanol–water partition coefficient (Wildman–Crippen LogP) is 1.66. The topological polar surface area (TPSA) is 93.5 Å². The number of morpholine rings is 1. The summed E-state index contributed by atoms with van der Waals surface area (Å²) >= 11 is 6.12. The number of anilines is 1. The van der Waals surface area contributed by atoms with Crippen LogP contribution in [0.4, 0.5) is 5.69 Å². The normalized spacial score (nSPS) is 15.8. The number of nitrogens with one attached hydrogen (secondary N) is 1. The van der Waals surface area contributed by atoms with Gasteiger partial charge in [0.1, 0.15) is 0 Å². The van der Waals surface area contributed by atoms with Crippen molar-refractivity contribution in [3.8, 4) is 0 Å². The number of hydrogen-bond acceptors (Lipinski definition) is 5. The van der Waals surface area contributed by atoms with Crippen LogP contribution in [-0.2, 0) is 21.8 Å². The zero-order valence-corrected chi connectivity index (χ0v) is 16.0. The Kier molecular flexibility index (Phi) is 5.33. The molecule has 1 aliphatic rings. The Balaban J connectivity index is 1.83.